The first-order valence-electron chi connectivity index (χ1n) is 8.86. The molecule has 1 aromatic carbocycles. The molecular weight excluding hydrogens is 354 g/mol. The fraction of sp³-hybridized carbons (Fsp3) is 0.500. The molecule has 0 spiro atoms. The SMILES string of the molecule is CCC(C)Oc1ccc(NC(=O)c2cn(C3CCNCC3)nn2)cc1.Cl. The number of carbonyl (C=O) groups excluding carboxylic acids is 1. The van der Waals surface area contributed by atoms with Gasteiger partial charge in [-0.2, -0.15) is 0 Å². The fourth-order valence-corrected chi connectivity index (χ4v) is 2.76. The van der Waals surface area contributed by atoms with Gasteiger partial charge in [0.05, 0.1) is 18.3 Å². The van der Waals surface area contributed by atoms with Gasteiger partial charge in [-0.1, -0.05) is 12.1 Å². The maximum absolute atomic E-state index is 12.3. The van der Waals surface area contributed by atoms with Gasteiger partial charge in [0.15, 0.2) is 5.69 Å². The normalized spacial score (nSPS) is 15.8. The molecule has 1 aromatic heterocycles. The summed E-state index contributed by atoms with van der Waals surface area (Å²) in [6.45, 7) is 6.05. The predicted octanol–water partition coefficient (Wildman–Crippen LogP) is 3.05. The predicted molar refractivity (Wildman–Crippen MR) is 103 cm³/mol. The summed E-state index contributed by atoms with van der Waals surface area (Å²) in [6.07, 6.45) is 4.85. The molecular formula is C18H26ClN5O2. The largest absolute Gasteiger partial charge is 0.491 e. The average molecular weight is 380 g/mol. The van der Waals surface area contributed by atoms with E-state index in [4.69, 9.17) is 4.74 Å². The van der Waals surface area contributed by atoms with Gasteiger partial charge in [-0.15, -0.1) is 17.5 Å². The van der Waals surface area contributed by atoms with Gasteiger partial charge >= 0.3 is 0 Å². The maximum Gasteiger partial charge on any atom is 0.277 e. The van der Waals surface area contributed by atoms with E-state index in [0.29, 0.717) is 17.4 Å². The zero-order valence-electron chi connectivity index (χ0n) is 15.1. The minimum Gasteiger partial charge on any atom is -0.491 e. The van der Waals surface area contributed by atoms with E-state index < -0.39 is 0 Å². The molecule has 2 heterocycles. The Labute approximate surface area is 159 Å². The fourth-order valence-electron chi connectivity index (χ4n) is 2.76. The number of piperidine rings is 1. The maximum atomic E-state index is 12.3. The van der Waals surface area contributed by atoms with Crippen molar-refractivity contribution in [2.75, 3.05) is 18.4 Å². The summed E-state index contributed by atoms with van der Waals surface area (Å²) in [6, 6.07) is 7.67. The second-order valence-corrected chi connectivity index (χ2v) is 6.38. The molecule has 0 radical (unpaired) electrons. The van der Waals surface area contributed by atoms with Gasteiger partial charge in [0.1, 0.15) is 5.75 Å². The van der Waals surface area contributed by atoms with Crippen LogP contribution in [0.1, 0.15) is 49.6 Å². The number of carbonyl (C=O) groups is 1. The lowest BCUT2D eigenvalue weighted by Crippen LogP contribution is -2.29. The molecule has 8 heteroatoms. The van der Waals surface area contributed by atoms with Crippen LogP contribution < -0.4 is 15.4 Å². The molecule has 0 bridgehead atoms. The van der Waals surface area contributed by atoms with Crippen molar-refractivity contribution >= 4 is 24.0 Å². The smallest absolute Gasteiger partial charge is 0.277 e. The number of nitrogens with one attached hydrogen (secondary N) is 2. The van der Waals surface area contributed by atoms with E-state index in [0.717, 1.165) is 38.1 Å². The minimum atomic E-state index is -0.254. The number of ether oxygens (including phenoxy) is 1. The number of anilines is 1. The summed E-state index contributed by atoms with van der Waals surface area (Å²) in [5.74, 6) is 0.542. The zero-order valence-corrected chi connectivity index (χ0v) is 16.0. The molecule has 3 rings (SSSR count). The molecule has 2 N–H and O–H groups in total. The molecule has 1 fully saturated rings. The highest BCUT2D eigenvalue weighted by Crippen LogP contribution is 2.19. The molecule has 1 amide bonds. The summed E-state index contributed by atoms with van der Waals surface area (Å²) >= 11 is 0. The Bertz CT molecular complexity index is 698. The van der Waals surface area contributed by atoms with Gasteiger partial charge in [0.2, 0.25) is 0 Å². The molecule has 1 aliphatic rings. The number of hydrogen-bond donors (Lipinski definition) is 2. The first kappa shape index (κ1) is 20.2. The Morgan fingerprint density at radius 2 is 2.04 bits per heavy atom. The van der Waals surface area contributed by atoms with Gasteiger partial charge in [0.25, 0.3) is 5.91 Å². The third-order valence-electron chi connectivity index (χ3n) is 4.45. The van der Waals surface area contributed by atoms with E-state index >= 15 is 0 Å². The van der Waals surface area contributed by atoms with Crippen LogP contribution >= 0.6 is 12.4 Å². The second kappa shape index (κ2) is 9.54. The molecule has 2 aromatic rings. The summed E-state index contributed by atoms with van der Waals surface area (Å²) in [5, 5.41) is 14.3. The molecule has 7 nitrogen and oxygen atoms in total. The van der Waals surface area contributed by atoms with Crippen LogP contribution in [0.15, 0.2) is 30.5 Å². The van der Waals surface area contributed by atoms with Gasteiger partial charge < -0.3 is 15.4 Å². The van der Waals surface area contributed by atoms with Crippen LogP contribution in [0, 0.1) is 0 Å². The van der Waals surface area contributed by atoms with Crippen molar-refractivity contribution in [3.63, 3.8) is 0 Å². The topological polar surface area (TPSA) is 81.1 Å². The van der Waals surface area contributed by atoms with E-state index in [9.17, 15) is 4.79 Å². The van der Waals surface area contributed by atoms with Gasteiger partial charge in [-0.05, 0) is 63.5 Å². The Balaban J connectivity index is 0.00000243. The van der Waals surface area contributed by atoms with Crippen molar-refractivity contribution in [3.8, 4) is 5.75 Å². The molecule has 142 valence electrons. The Hall–Kier alpha value is -2.12. The molecule has 1 unspecified atom stereocenters. The molecule has 1 aliphatic heterocycles. The van der Waals surface area contributed by atoms with Crippen molar-refractivity contribution in [3.05, 3.63) is 36.2 Å². The summed E-state index contributed by atoms with van der Waals surface area (Å²) in [5.41, 5.74) is 1.04. The van der Waals surface area contributed by atoms with Crippen molar-refractivity contribution < 1.29 is 9.53 Å². The Morgan fingerprint density at radius 1 is 1.35 bits per heavy atom. The van der Waals surface area contributed by atoms with Gasteiger partial charge in [-0.25, -0.2) is 4.68 Å². The summed E-state index contributed by atoms with van der Waals surface area (Å²) in [7, 11) is 0. The first-order valence-corrected chi connectivity index (χ1v) is 8.86. The summed E-state index contributed by atoms with van der Waals surface area (Å²) < 4.78 is 7.54. The van der Waals surface area contributed by atoms with E-state index in [1.54, 1.807) is 10.9 Å². The van der Waals surface area contributed by atoms with E-state index in [1.807, 2.05) is 31.2 Å². The monoisotopic (exact) mass is 379 g/mol. The molecule has 1 atom stereocenters. The second-order valence-electron chi connectivity index (χ2n) is 6.38. The van der Waals surface area contributed by atoms with E-state index in [-0.39, 0.29) is 24.4 Å². The number of halogens is 1. The molecule has 0 saturated carbocycles. The number of aromatic nitrogens is 3. The van der Waals surface area contributed by atoms with Crippen LogP contribution in [0.2, 0.25) is 0 Å². The number of nitrogens with zero attached hydrogens (tertiary/aromatic N) is 3. The van der Waals surface area contributed by atoms with Crippen LogP contribution in [0.4, 0.5) is 5.69 Å². The van der Waals surface area contributed by atoms with Crippen molar-refractivity contribution in [1.82, 2.24) is 20.3 Å². The third-order valence-corrected chi connectivity index (χ3v) is 4.45. The lowest BCUT2D eigenvalue weighted by Gasteiger charge is -2.22. The standard InChI is InChI=1S/C18H25N5O2.ClH/c1-3-13(2)25-16-6-4-14(5-7-16)20-18(24)17-12-23(22-21-17)15-8-10-19-11-9-15;/h4-7,12-13,15,19H,3,8-11H2,1-2H3,(H,20,24);1H. The van der Waals surface area contributed by atoms with E-state index in [2.05, 4.69) is 27.9 Å². The van der Waals surface area contributed by atoms with Crippen molar-refractivity contribution in [1.29, 1.82) is 0 Å². The van der Waals surface area contributed by atoms with Crippen LogP contribution in [0.5, 0.6) is 5.75 Å². The van der Waals surface area contributed by atoms with Crippen LogP contribution in [-0.2, 0) is 0 Å². The lowest BCUT2D eigenvalue weighted by molar-refractivity contribution is 0.102. The molecule has 26 heavy (non-hydrogen) atoms. The number of amides is 1. The lowest BCUT2D eigenvalue weighted by atomic mass is 10.1. The minimum absolute atomic E-state index is 0. The highest BCUT2D eigenvalue weighted by Gasteiger charge is 2.18. The van der Waals surface area contributed by atoms with Crippen molar-refractivity contribution in [2.24, 2.45) is 0 Å². The van der Waals surface area contributed by atoms with Gasteiger partial charge in [0, 0.05) is 5.69 Å². The highest BCUT2D eigenvalue weighted by atomic mass is 35.5. The van der Waals surface area contributed by atoms with Crippen LogP contribution in [0.3, 0.4) is 0 Å². The van der Waals surface area contributed by atoms with E-state index in [1.165, 1.54) is 0 Å². The molecule has 1 saturated heterocycles. The first-order chi connectivity index (χ1) is 12.2. The summed E-state index contributed by atoms with van der Waals surface area (Å²) in [4.78, 5) is 12.3. The van der Waals surface area contributed by atoms with Crippen LogP contribution in [-0.4, -0.2) is 40.1 Å². The number of rotatable bonds is 6. The number of hydrogen-bond acceptors (Lipinski definition) is 5. The Morgan fingerprint density at radius 3 is 2.69 bits per heavy atom. The van der Waals surface area contributed by atoms with Crippen LogP contribution in [0.25, 0.3) is 0 Å². The van der Waals surface area contributed by atoms with Gasteiger partial charge in [-0.3, -0.25) is 4.79 Å². The zero-order chi connectivity index (χ0) is 17.6. The Kier molecular flexibility index (Phi) is 7.41. The average Bonchev–Trinajstić information content (AvgIpc) is 3.14. The quantitative estimate of drug-likeness (QED) is 0.806. The number of benzene rings is 1. The molecule has 0 aliphatic carbocycles. The highest BCUT2D eigenvalue weighted by molar-refractivity contribution is 6.02. The third kappa shape index (κ3) is 5.19. The van der Waals surface area contributed by atoms with Crippen molar-refractivity contribution in [2.45, 2.75) is 45.3 Å².